The Kier molecular flexibility index (Phi) is 6.64. The van der Waals surface area contributed by atoms with Gasteiger partial charge in [-0.1, -0.05) is 63.2 Å². The van der Waals surface area contributed by atoms with Crippen molar-refractivity contribution in [1.29, 1.82) is 0 Å². The summed E-state index contributed by atoms with van der Waals surface area (Å²) in [6.45, 7) is 6.37. The number of amides is 2. The standard InChI is InChI=1S/C29H27N3O3/c1-29(2,3)22-13-8-20(9-14-22)27(34)31-23-15-10-21(11-16-23)28(35)32-30-18-25-24-7-5-4-6-19(24)12-17-26(25)33/h4-18,33H,1-3H3,(H,31,34)(H,32,35)/b30-18+. The van der Waals surface area contributed by atoms with Crippen LogP contribution in [-0.4, -0.2) is 23.1 Å². The Bertz CT molecular complexity index is 1400. The topological polar surface area (TPSA) is 90.8 Å². The van der Waals surface area contributed by atoms with E-state index < -0.39 is 5.91 Å². The van der Waals surface area contributed by atoms with Gasteiger partial charge >= 0.3 is 0 Å². The molecule has 0 saturated heterocycles. The van der Waals surface area contributed by atoms with E-state index in [4.69, 9.17) is 0 Å². The summed E-state index contributed by atoms with van der Waals surface area (Å²) in [4.78, 5) is 25.0. The molecule has 0 heterocycles. The number of hydrogen-bond donors (Lipinski definition) is 3. The molecule has 6 nitrogen and oxygen atoms in total. The first kappa shape index (κ1) is 23.7. The van der Waals surface area contributed by atoms with E-state index in [2.05, 4.69) is 36.6 Å². The van der Waals surface area contributed by atoms with Gasteiger partial charge in [0.05, 0.1) is 6.21 Å². The number of aromatic hydroxyl groups is 1. The lowest BCUT2D eigenvalue weighted by Crippen LogP contribution is -2.18. The zero-order valence-corrected chi connectivity index (χ0v) is 19.9. The number of phenols is 1. The van der Waals surface area contributed by atoms with Crippen molar-refractivity contribution in [1.82, 2.24) is 5.43 Å². The fourth-order valence-corrected chi connectivity index (χ4v) is 3.67. The third-order valence-electron chi connectivity index (χ3n) is 5.73. The van der Waals surface area contributed by atoms with Gasteiger partial charge < -0.3 is 10.4 Å². The third kappa shape index (κ3) is 5.55. The van der Waals surface area contributed by atoms with Gasteiger partial charge in [-0.15, -0.1) is 0 Å². The van der Waals surface area contributed by atoms with Gasteiger partial charge in [-0.2, -0.15) is 5.10 Å². The maximum atomic E-state index is 12.6. The Labute approximate surface area is 204 Å². The van der Waals surface area contributed by atoms with Crippen molar-refractivity contribution in [3.63, 3.8) is 0 Å². The van der Waals surface area contributed by atoms with E-state index in [0.29, 0.717) is 22.4 Å². The molecule has 0 aromatic heterocycles. The lowest BCUT2D eigenvalue weighted by Gasteiger charge is -2.19. The minimum Gasteiger partial charge on any atom is -0.507 e. The van der Waals surface area contributed by atoms with Crippen LogP contribution in [0.4, 0.5) is 5.69 Å². The highest BCUT2D eigenvalue weighted by atomic mass is 16.3. The van der Waals surface area contributed by atoms with Gasteiger partial charge in [0.1, 0.15) is 5.75 Å². The molecule has 0 fully saturated rings. The molecule has 4 aromatic rings. The fraction of sp³-hybridized carbons (Fsp3) is 0.138. The first-order valence-electron chi connectivity index (χ1n) is 11.3. The van der Waals surface area contributed by atoms with Gasteiger partial charge in [0.25, 0.3) is 11.8 Å². The van der Waals surface area contributed by atoms with Gasteiger partial charge in [0, 0.05) is 22.4 Å². The zero-order chi connectivity index (χ0) is 25.0. The maximum Gasteiger partial charge on any atom is 0.271 e. The molecule has 6 heteroatoms. The molecular formula is C29H27N3O3. The van der Waals surface area contributed by atoms with Crippen molar-refractivity contribution >= 4 is 34.5 Å². The normalized spacial score (nSPS) is 11.5. The molecule has 2 amide bonds. The molecule has 176 valence electrons. The average molecular weight is 466 g/mol. The van der Waals surface area contributed by atoms with Crippen LogP contribution >= 0.6 is 0 Å². The molecule has 0 aliphatic rings. The zero-order valence-electron chi connectivity index (χ0n) is 19.9. The molecule has 4 aromatic carbocycles. The second-order valence-corrected chi connectivity index (χ2v) is 9.28. The number of fused-ring (bicyclic) bond motifs is 1. The van der Waals surface area contributed by atoms with Gasteiger partial charge in [-0.3, -0.25) is 9.59 Å². The van der Waals surface area contributed by atoms with Crippen LogP contribution in [-0.2, 0) is 5.41 Å². The first-order chi connectivity index (χ1) is 16.7. The molecule has 0 bridgehead atoms. The molecule has 0 spiro atoms. The second kappa shape index (κ2) is 9.81. The third-order valence-corrected chi connectivity index (χ3v) is 5.73. The van der Waals surface area contributed by atoms with Crippen LogP contribution in [0.3, 0.4) is 0 Å². The van der Waals surface area contributed by atoms with Crippen LogP contribution < -0.4 is 10.7 Å². The van der Waals surface area contributed by atoms with Crippen LogP contribution in [0.1, 0.15) is 52.6 Å². The smallest absolute Gasteiger partial charge is 0.271 e. The Balaban J connectivity index is 1.39. The molecule has 0 radical (unpaired) electrons. The monoisotopic (exact) mass is 465 g/mol. The van der Waals surface area contributed by atoms with Crippen molar-refractivity contribution in [2.45, 2.75) is 26.2 Å². The van der Waals surface area contributed by atoms with Crippen LogP contribution in [0, 0.1) is 0 Å². The summed E-state index contributed by atoms with van der Waals surface area (Å²) in [5, 5.41) is 18.8. The van der Waals surface area contributed by atoms with E-state index in [1.807, 2.05) is 54.6 Å². The van der Waals surface area contributed by atoms with Crippen molar-refractivity contribution < 1.29 is 14.7 Å². The number of hydrazone groups is 1. The summed E-state index contributed by atoms with van der Waals surface area (Å²) < 4.78 is 0. The number of nitrogens with one attached hydrogen (secondary N) is 2. The fourth-order valence-electron chi connectivity index (χ4n) is 3.67. The van der Waals surface area contributed by atoms with Crippen LogP contribution in [0.5, 0.6) is 5.75 Å². The van der Waals surface area contributed by atoms with E-state index in [0.717, 1.165) is 16.3 Å². The second-order valence-electron chi connectivity index (χ2n) is 9.28. The summed E-state index contributed by atoms with van der Waals surface area (Å²) in [6, 6.07) is 25.1. The van der Waals surface area contributed by atoms with Gasteiger partial charge in [0.15, 0.2) is 0 Å². The summed E-state index contributed by atoms with van der Waals surface area (Å²) in [6.07, 6.45) is 1.43. The molecular weight excluding hydrogens is 438 g/mol. The number of hydrogen-bond acceptors (Lipinski definition) is 4. The minimum atomic E-state index is -0.406. The quantitative estimate of drug-likeness (QED) is 0.255. The minimum absolute atomic E-state index is 0.0186. The Hall–Kier alpha value is -4.45. The Morgan fingerprint density at radius 3 is 2.11 bits per heavy atom. The van der Waals surface area contributed by atoms with Crippen LogP contribution in [0.25, 0.3) is 10.8 Å². The van der Waals surface area contributed by atoms with E-state index in [9.17, 15) is 14.7 Å². The number of benzene rings is 4. The van der Waals surface area contributed by atoms with Gasteiger partial charge in [-0.25, -0.2) is 5.43 Å². The molecule has 0 saturated carbocycles. The highest BCUT2D eigenvalue weighted by Gasteiger charge is 2.14. The number of anilines is 1. The molecule has 0 aliphatic heterocycles. The average Bonchev–Trinajstić information content (AvgIpc) is 2.85. The lowest BCUT2D eigenvalue weighted by atomic mass is 9.87. The molecule has 0 atom stereocenters. The molecule has 35 heavy (non-hydrogen) atoms. The van der Waals surface area contributed by atoms with E-state index >= 15 is 0 Å². The number of carbonyl (C=O) groups excluding carboxylic acids is 2. The van der Waals surface area contributed by atoms with Gasteiger partial charge in [-0.05, 0) is 64.2 Å². The molecule has 0 aliphatic carbocycles. The molecule has 3 N–H and O–H groups in total. The van der Waals surface area contributed by atoms with E-state index in [1.54, 1.807) is 30.3 Å². The number of nitrogens with zero attached hydrogens (tertiary/aromatic N) is 1. The predicted molar refractivity (Wildman–Crippen MR) is 140 cm³/mol. The van der Waals surface area contributed by atoms with E-state index in [1.165, 1.54) is 6.21 Å². The summed E-state index contributed by atoms with van der Waals surface area (Å²) >= 11 is 0. The largest absolute Gasteiger partial charge is 0.507 e. The predicted octanol–water partition coefficient (Wildman–Crippen LogP) is 5.86. The number of rotatable bonds is 5. The molecule has 0 unspecified atom stereocenters. The Morgan fingerprint density at radius 1 is 0.800 bits per heavy atom. The summed E-state index contributed by atoms with van der Waals surface area (Å²) in [7, 11) is 0. The number of phenolic OH excluding ortho intramolecular Hbond substituents is 1. The van der Waals surface area contributed by atoms with E-state index in [-0.39, 0.29) is 17.1 Å². The van der Waals surface area contributed by atoms with Crippen molar-refractivity contribution in [2.75, 3.05) is 5.32 Å². The lowest BCUT2D eigenvalue weighted by molar-refractivity contribution is 0.0954. The summed E-state index contributed by atoms with van der Waals surface area (Å²) in [5.41, 5.74) is 5.70. The molecule has 4 rings (SSSR count). The maximum absolute atomic E-state index is 12.6. The van der Waals surface area contributed by atoms with Crippen LogP contribution in [0.2, 0.25) is 0 Å². The van der Waals surface area contributed by atoms with Crippen LogP contribution in [0.15, 0.2) is 90.0 Å². The highest BCUT2D eigenvalue weighted by Crippen LogP contribution is 2.25. The van der Waals surface area contributed by atoms with Crippen molar-refractivity contribution in [3.8, 4) is 5.75 Å². The summed E-state index contributed by atoms with van der Waals surface area (Å²) in [5.74, 6) is -0.548. The van der Waals surface area contributed by atoms with Crippen molar-refractivity contribution in [3.05, 3.63) is 107 Å². The number of carbonyl (C=O) groups is 2. The van der Waals surface area contributed by atoms with Gasteiger partial charge in [0.2, 0.25) is 0 Å². The first-order valence-corrected chi connectivity index (χ1v) is 11.3. The van der Waals surface area contributed by atoms with Crippen molar-refractivity contribution in [2.24, 2.45) is 5.10 Å². The SMILES string of the molecule is CC(C)(C)c1ccc(C(=O)Nc2ccc(C(=O)N/N=C/c3c(O)ccc4ccccc34)cc2)cc1. The highest BCUT2D eigenvalue weighted by molar-refractivity contribution is 6.05. The Morgan fingerprint density at radius 2 is 1.43 bits per heavy atom.